The zero-order valence-electron chi connectivity index (χ0n) is 10.2. The van der Waals surface area contributed by atoms with E-state index in [9.17, 15) is 0 Å². The lowest BCUT2D eigenvalue weighted by Gasteiger charge is -2.01. The molecule has 0 saturated carbocycles. The second kappa shape index (κ2) is 4.53. The average molecular weight is 238 g/mol. The van der Waals surface area contributed by atoms with Crippen LogP contribution < -0.4 is 5.32 Å². The molecule has 0 aliphatic carbocycles. The molecule has 1 N–H and O–H groups in total. The van der Waals surface area contributed by atoms with Crippen LogP contribution in [0.4, 0.5) is 5.69 Å². The maximum absolute atomic E-state index is 5.70. The quantitative estimate of drug-likeness (QED) is 0.755. The Hall–Kier alpha value is -2.29. The molecule has 0 spiro atoms. The predicted molar refractivity (Wildman–Crippen MR) is 72.5 cm³/mol. The number of oxazole rings is 1. The first-order chi connectivity index (χ1) is 8.83. The molecule has 90 valence electrons. The van der Waals surface area contributed by atoms with Crippen molar-refractivity contribution < 1.29 is 4.42 Å². The SMILES string of the molecule is Cc1cccc2oc(CNc3ccccc3)nc12. The van der Waals surface area contributed by atoms with Crippen molar-refractivity contribution >= 4 is 16.8 Å². The maximum atomic E-state index is 5.70. The summed E-state index contributed by atoms with van der Waals surface area (Å²) in [6.45, 7) is 2.64. The molecule has 1 heterocycles. The van der Waals surface area contributed by atoms with Crippen molar-refractivity contribution in [2.24, 2.45) is 0 Å². The number of nitrogens with one attached hydrogen (secondary N) is 1. The minimum absolute atomic E-state index is 0.595. The summed E-state index contributed by atoms with van der Waals surface area (Å²) in [6, 6.07) is 16.0. The van der Waals surface area contributed by atoms with Crippen LogP contribution in [0.1, 0.15) is 11.5 Å². The summed E-state index contributed by atoms with van der Waals surface area (Å²) in [5.41, 5.74) is 4.00. The van der Waals surface area contributed by atoms with Crippen LogP contribution in [0.5, 0.6) is 0 Å². The molecule has 3 rings (SSSR count). The summed E-state index contributed by atoms with van der Waals surface area (Å²) in [4.78, 5) is 4.50. The lowest BCUT2D eigenvalue weighted by Crippen LogP contribution is -1.98. The highest BCUT2D eigenvalue weighted by Gasteiger charge is 2.06. The molecule has 0 fully saturated rings. The molecule has 18 heavy (non-hydrogen) atoms. The van der Waals surface area contributed by atoms with E-state index in [0.29, 0.717) is 12.4 Å². The molecular weight excluding hydrogens is 224 g/mol. The lowest BCUT2D eigenvalue weighted by atomic mass is 10.2. The summed E-state index contributed by atoms with van der Waals surface area (Å²) in [5, 5.41) is 3.29. The minimum atomic E-state index is 0.595. The van der Waals surface area contributed by atoms with E-state index in [-0.39, 0.29) is 0 Å². The van der Waals surface area contributed by atoms with E-state index in [4.69, 9.17) is 4.42 Å². The third-order valence-electron chi connectivity index (χ3n) is 2.88. The van der Waals surface area contributed by atoms with Crippen molar-refractivity contribution in [1.29, 1.82) is 0 Å². The molecule has 0 aliphatic rings. The van der Waals surface area contributed by atoms with Crippen molar-refractivity contribution in [2.45, 2.75) is 13.5 Å². The maximum Gasteiger partial charge on any atom is 0.214 e. The Bertz CT molecular complexity index is 659. The van der Waals surface area contributed by atoms with Crippen LogP contribution in [-0.2, 0) is 6.54 Å². The molecule has 0 amide bonds. The van der Waals surface area contributed by atoms with Crippen LogP contribution in [0, 0.1) is 6.92 Å². The summed E-state index contributed by atoms with van der Waals surface area (Å²) < 4.78 is 5.70. The smallest absolute Gasteiger partial charge is 0.214 e. The highest BCUT2D eigenvalue weighted by molar-refractivity contribution is 5.76. The van der Waals surface area contributed by atoms with E-state index in [1.165, 1.54) is 0 Å². The number of aromatic nitrogens is 1. The van der Waals surface area contributed by atoms with E-state index in [2.05, 4.69) is 10.3 Å². The van der Waals surface area contributed by atoms with Crippen molar-refractivity contribution in [3.63, 3.8) is 0 Å². The zero-order chi connectivity index (χ0) is 12.4. The standard InChI is InChI=1S/C15H14N2O/c1-11-6-5-9-13-15(11)17-14(18-13)10-16-12-7-3-2-4-8-12/h2-9,16H,10H2,1H3. The minimum Gasteiger partial charge on any atom is -0.439 e. The van der Waals surface area contributed by atoms with Gasteiger partial charge >= 0.3 is 0 Å². The van der Waals surface area contributed by atoms with E-state index in [0.717, 1.165) is 22.4 Å². The van der Waals surface area contributed by atoms with Crippen LogP contribution >= 0.6 is 0 Å². The van der Waals surface area contributed by atoms with Gasteiger partial charge in [0, 0.05) is 5.69 Å². The van der Waals surface area contributed by atoms with E-state index >= 15 is 0 Å². The fraction of sp³-hybridized carbons (Fsp3) is 0.133. The fourth-order valence-corrected chi connectivity index (χ4v) is 1.94. The number of hydrogen-bond donors (Lipinski definition) is 1. The topological polar surface area (TPSA) is 38.1 Å². The molecule has 3 heteroatoms. The van der Waals surface area contributed by atoms with E-state index in [1.807, 2.05) is 55.5 Å². The third kappa shape index (κ3) is 2.07. The van der Waals surface area contributed by atoms with Gasteiger partial charge < -0.3 is 9.73 Å². The van der Waals surface area contributed by atoms with Gasteiger partial charge in [-0.1, -0.05) is 30.3 Å². The molecule has 0 unspecified atom stereocenters. The molecule has 0 aliphatic heterocycles. The Morgan fingerprint density at radius 3 is 2.67 bits per heavy atom. The predicted octanol–water partition coefficient (Wildman–Crippen LogP) is 3.75. The van der Waals surface area contributed by atoms with Gasteiger partial charge in [0.2, 0.25) is 5.89 Å². The number of benzene rings is 2. The zero-order valence-corrected chi connectivity index (χ0v) is 10.2. The van der Waals surface area contributed by atoms with Gasteiger partial charge in [-0.05, 0) is 30.7 Å². The van der Waals surface area contributed by atoms with Crippen LogP contribution in [-0.4, -0.2) is 4.98 Å². The number of fused-ring (bicyclic) bond motifs is 1. The van der Waals surface area contributed by atoms with Crippen molar-refractivity contribution in [3.05, 3.63) is 60.0 Å². The number of rotatable bonds is 3. The van der Waals surface area contributed by atoms with Gasteiger partial charge in [-0.15, -0.1) is 0 Å². The van der Waals surface area contributed by atoms with Crippen molar-refractivity contribution in [2.75, 3.05) is 5.32 Å². The Morgan fingerprint density at radius 1 is 1.06 bits per heavy atom. The Kier molecular flexibility index (Phi) is 2.73. The fourth-order valence-electron chi connectivity index (χ4n) is 1.94. The monoisotopic (exact) mass is 238 g/mol. The van der Waals surface area contributed by atoms with Crippen LogP contribution in [0.2, 0.25) is 0 Å². The molecule has 0 radical (unpaired) electrons. The summed E-state index contributed by atoms with van der Waals surface area (Å²) in [7, 11) is 0. The molecule has 0 bridgehead atoms. The Morgan fingerprint density at radius 2 is 1.89 bits per heavy atom. The van der Waals surface area contributed by atoms with Gasteiger partial charge in [-0.25, -0.2) is 4.98 Å². The van der Waals surface area contributed by atoms with Gasteiger partial charge in [0.05, 0.1) is 6.54 Å². The number of aryl methyl sites for hydroxylation is 1. The number of hydrogen-bond acceptors (Lipinski definition) is 3. The van der Waals surface area contributed by atoms with Crippen LogP contribution in [0.15, 0.2) is 52.9 Å². The molecule has 0 saturated heterocycles. The first kappa shape index (κ1) is 10.8. The van der Waals surface area contributed by atoms with Gasteiger partial charge in [-0.3, -0.25) is 0 Å². The van der Waals surface area contributed by atoms with Crippen LogP contribution in [0.25, 0.3) is 11.1 Å². The van der Waals surface area contributed by atoms with Gasteiger partial charge in [-0.2, -0.15) is 0 Å². The summed E-state index contributed by atoms with van der Waals surface area (Å²) in [6.07, 6.45) is 0. The third-order valence-corrected chi connectivity index (χ3v) is 2.88. The van der Waals surface area contributed by atoms with Gasteiger partial charge in [0.1, 0.15) is 5.52 Å². The summed E-state index contributed by atoms with van der Waals surface area (Å²) >= 11 is 0. The Balaban J connectivity index is 1.81. The van der Waals surface area contributed by atoms with E-state index in [1.54, 1.807) is 0 Å². The molecular formula is C15H14N2O. The van der Waals surface area contributed by atoms with Crippen molar-refractivity contribution in [1.82, 2.24) is 4.98 Å². The second-order valence-electron chi connectivity index (χ2n) is 4.25. The average Bonchev–Trinajstić information content (AvgIpc) is 2.82. The van der Waals surface area contributed by atoms with E-state index < -0.39 is 0 Å². The van der Waals surface area contributed by atoms with Gasteiger partial charge in [0.15, 0.2) is 5.58 Å². The first-order valence-electron chi connectivity index (χ1n) is 5.97. The highest BCUT2D eigenvalue weighted by Crippen LogP contribution is 2.19. The molecule has 3 nitrogen and oxygen atoms in total. The number of para-hydroxylation sites is 2. The van der Waals surface area contributed by atoms with Crippen molar-refractivity contribution in [3.8, 4) is 0 Å². The highest BCUT2D eigenvalue weighted by atomic mass is 16.3. The number of nitrogens with zero attached hydrogens (tertiary/aromatic N) is 1. The van der Waals surface area contributed by atoms with Crippen LogP contribution in [0.3, 0.4) is 0 Å². The molecule has 2 aromatic carbocycles. The molecule has 1 aromatic heterocycles. The normalized spacial score (nSPS) is 10.7. The Labute approximate surface area is 105 Å². The van der Waals surface area contributed by atoms with Gasteiger partial charge in [0.25, 0.3) is 0 Å². The lowest BCUT2D eigenvalue weighted by molar-refractivity contribution is 0.540. The second-order valence-corrected chi connectivity index (χ2v) is 4.25. The summed E-state index contributed by atoms with van der Waals surface area (Å²) in [5.74, 6) is 0.711. The molecule has 0 atom stereocenters. The largest absolute Gasteiger partial charge is 0.439 e. The first-order valence-corrected chi connectivity index (χ1v) is 5.97. The number of anilines is 1. The molecule has 3 aromatic rings.